The Morgan fingerprint density at radius 1 is 1.24 bits per heavy atom. The zero-order valence-electron chi connectivity index (χ0n) is 17.3. The first-order valence-electron chi connectivity index (χ1n) is 9.94. The Morgan fingerprint density at radius 2 is 1.92 bits per heavy atom. The normalized spacial score (nSPS) is 18.0. The van der Waals surface area contributed by atoms with Crippen LogP contribution in [0, 0.1) is 0 Å². The number of hydrogen-bond acceptors (Lipinski definition) is 4. The van der Waals surface area contributed by atoms with Crippen LogP contribution in [0.5, 0.6) is 0 Å². The monoisotopic (exact) mass is 355 g/mol. The molecule has 148 valence electrons. The molecule has 0 aromatic carbocycles. The number of ether oxygens (including phenoxy) is 1. The highest BCUT2D eigenvalue weighted by Crippen LogP contribution is 2.10. The molecule has 1 aliphatic heterocycles. The van der Waals surface area contributed by atoms with Crippen LogP contribution < -0.4 is 16.0 Å². The molecule has 0 bridgehead atoms. The Morgan fingerprint density at radius 3 is 2.48 bits per heavy atom. The standard InChI is InChI=1S/C19H41N5O/c1-7-20-18(21-10-11-22-19(4,5)6)23-17-8-12-24(13-9-17)14-15-25-16(2)3/h16-17,22H,7-15H2,1-6H3,(H2,20,21,23). The number of hydrogen-bond donors (Lipinski definition) is 3. The van der Waals surface area contributed by atoms with Gasteiger partial charge >= 0.3 is 0 Å². The van der Waals surface area contributed by atoms with E-state index in [0.717, 1.165) is 64.7 Å². The van der Waals surface area contributed by atoms with Gasteiger partial charge in [0.1, 0.15) is 0 Å². The van der Waals surface area contributed by atoms with Crippen molar-refractivity contribution in [2.45, 2.75) is 72.1 Å². The molecule has 25 heavy (non-hydrogen) atoms. The number of piperidine rings is 1. The lowest BCUT2D eigenvalue weighted by Gasteiger charge is -2.33. The van der Waals surface area contributed by atoms with Crippen molar-refractivity contribution >= 4 is 5.96 Å². The van der Waals surface area contributed by atoms with Gasteiger partial charge in [-0.1, -0.05) is 0 Å². The summed E-state index contributed by atoms with van der Waals surface area (Å²) in [5, 5.41) is 10.4. The predicted molar refractivity (Wildman–Crippen MR) is 107 cm³/mol. The van der Waals surface area contributed by atoms with Crippen LogP contribution in [-0.4, -0.2) is 74.4 Å². The van der Waals surface area contributed by atoms with Gasteiger partial charge in [0, 0.05) is 44.3 Å². The smallest absolute Gasteiger partial charge is 0.191 e. The minimum Gasteiger partial charge on any atom is -0.377 e. The molecule has 0 aromatic rings. The molecule has 6 nitrogen and oxygen atoms in total. The van der Waals surface area contributed by atoms with Gasteiger partial charge < -0.3 is 25.6 Å². The number of guanidine groups is 1. The predicted octanol–water partition coefficient (Wildman–Crippen LogP) is 1.82. The lowest BCUT2D eigenvalue weighted by Crippen LogP contribution is -2.49. The Kier molecular flexibility index (Phi) is 10.4. The van der Waals surface area contributed by atoms with Crippen molar-refractivity contribution in [2.75, 3.05) is 45.9 Å². The van der Waals surface area contributed by atoms with E-state index in [0.29, 0.717) is 12.1 Å². The number of rotatable bonds is 9. The van der Waals surface area contributed by atoms with E-state index in [9.17, 15) is 0 Å². The molecule has 0 amide bonds. The zero-order chi connectivity index (χ0) is 18.7. The van der Waals surface area contributed by atoms with Gasteiger partial charge in [-0.3, -0.25) is 4.99 Å². The Bertz CT molecular complexity index is 371. The molecule has 1 aliphatic rings. The lowest BCUT2D eigenvalue weighted by molar-refractivity contribution is 0.0532. The van der Waals surface area contributed by atoms with Gasteiger partial charge in [0.05, 0.1) is 19.3 Å². The number of likely N-dealkylation sites (tertiary alicyclic amines) is 1. The van der Waals surface area contributed by atoms with Crippen LogP contribution in [0.4, 0.5) is 0 Å². The molecule has 0 aliphatic carbocycles. The SMILES string of the molecule is CCNC(=NCCNC(C)(C)C)NC1CCN(CCOC(C)C)CC1. The Labute approximate surface area is 155 Å². The molecule has 0 unspecified atom stereocenters. The summed E-state index contributed by atoms with van der Waals surface area (Å²) in [6.07, 6.45) is 2.64. The molecular weight excluding hydrogens is 314 g/mol. The van der Waals surface area contributed by atoms with Crippen molar-refractivity contribution in [1.29, 1.82) is 0 Å². The summed E-state index contributed by atoms with van der Waals surface area (Å²) in [6.45, 7) is 19.6. The van der Waals surface area contributed by atoms with Gasteiger partial charge in [0.2, 0.25) is 0 Å². The van der Waals surface area contributed by atoms with Gasteiger partial charge in [-0.2, -0.15) is 0 Å². The van der Waals surface area contributed by atoms with Gasteiger partial charge in [-0.15, -0.1) is 0 Å². The first-order chi connectivity index (χ1) is 11.8. The average Bonchev–Trinajstić information content (AvgIpc) is 2.52. The lowest BCUT2D eigenvalue weighted by atomic mass is 10.1. The number of nitrogens with one attached hydrogen (secondary N) is 3. The summed E-state index contributed by atoms with van der Waals surface area (Å²) < 4.78 is 5.65. The summed E-state index contributed by atoms with van der Waals surface area (Å²) in [5.41, 5.74) is 0.146. The molecule has 0 atom stereocenters. The molecule has 1 rings (SSSR count). The maximum atomic E-state index is 5.65. The molecule has 0 spiro atoms. The average molecular weight is 356 g/mol. The molecule has 1 saturated heterocycles. The van der Waals surface area contributed by atoms with Crippen LogP contribution in [0.25, 0.3) is 0 Å². The van der Waals surface area contributed by atoms with Crippen LogP contribution in [0.1, 0.15) is 54.4 Å². The van der Waals surface area contributed by atoms with Gasteiger partial charge in [-0.05, 0) is 54.4 Å². The largest absolute Gasteiger partial charge is 0.377 e. The molecule has 1 heterocycles. The fraction of sp³-hybridized carbons (Fsp3) is 0.947. The van der Waals surface area contributed by atoms with E-state index < -0.39 is 0 Å². The van der Waals surface area contributed by atoms with E-state index in [1.54, 1.807) is 0 Å². The van der Waals surface area contributed by atoms with E-state index in [1.807, 2.05) is 0 Å². The molecule has 0 radical (unpaired) electrons. The summed E-state index contributed by atoms with van der Waals surface area (Å²) in [6, 6.07) is 0.510. The van der Waals surface area contributed by atoms with Crippen LogP contribution in [0.15, 0.2) is 4.99 Å². The first-order valence-corrected chi connectivity index (χ1v) is 9.94. The summed E-state index contributed by atoms with van der Waals surface area (Å²) >= 11 is 0. The van der Waals surface area contributed by atoms with Crippen molar-refractivity contribution in [3.8, 4) is 0 Å². The Hall–Kier alpha value is -0.850. The maximum absolute atomic E-state index is 5.65. The number of nitrogens with zero attached hydrogens (tertiary/aromatic N) is 2. The topological polar surface area (TPSA) is 60.9 Å². The highest BCUT2D eigenvalue weighted by atomic mass is 16.5. The summed E-state index contributed by atoms with van der Waals surface area (Å²) in [7, 11) is 0. The second-order valence-corrected chi connectivity index (χ2v) is 8.12. The second kappa shape index (κ2) is 11.7. The first kappa shape index (κ1) is 22.2. The maximum Gasteiger partial charge on any atom is 0.191 e. The third-order valence-electron chi connectivity index (χ3n) is 4.17. The van der Waals surface area contributed by atoms with Gasteiger partial charge in [-0.25, -0.2) is 0 Å². The van der Waals surface area contributed by atoms with Gasteiger partial charge in [0.15, 0.2) is 5.96 Å². The number of aliphatic imine (C=N–C) groups is 1. The van der Waals surface area contributed by atoms with E-state index in [-0.39, 0.29) is 5.54 Å². The fourth-order valence-corrected chi connectivity index (χ4v) is 2.83. The molecule has 6 heteroatoms. The minimum atomic E-state index is 0.146. The van der Waals surface area contributed by atoms with Crippen LogP contribution in [-0.2, 0) is 4.74 Å². The van der Waals surface area contributed by atoms with Crippen molar-refractivity contribution in [3.63, 3.8) is 0 Å². The zero-order valence-corrected chi connectivity index (χ0v) is 17.3. The quantitative estimate of drug-likeness (QED) is 0.335. The van der Waals surface area contributed by atoms with E-state index in [1.165, 1.54) is 0 Å². The highest BCUT2D eigenvalue weighted by molar-refractivity contribution is 5.80. The van der Waals surface area contributed by atoms with Crippen LogP contribution >= 0.6 is 0 Å². The third kappa shape index (κ3) is 11.4. The second-order valence-electron chi connectivity index (χ2n) is 8.12. The van der Waals surface area contributed by atoms with Crippen LogP contribution in [0.3, 0.4) is 0 Å². The highest BCUT2D eigenvalue weighted by Gasteiger charge is 2.19. The molecular formula is C19H41N5O. The van der Waals surface area contributed by atoms with Crippen LogP contribution in [0.2, 0.25) is 0 Å². The summed E-state index contributed by atoms with van der Waals surface area (Å²) in [5.74, 6) is 0.944. The Balaban J connectivity index is 2.29. The van der Waals surface area contributed by atoms with Crippen molar-refractivity contribution in [3.05, 3.63) is 0 Å². The van der Waals surface area contributed by atoms with E-state index in [4.69, 9.17) is 9.73 Å². The fourth-order valence-electron chi connectivity index (χ4n) is 2.83. The third-order valence-corrected chi connectivity index (χ3v) is 4.17. The molecule has 1 fully saturated rings. The van der Waals surface area contributed by atoms with Crippen molar-refractivity contribution in [1.82, 2.24) is 20.9 Å². The van der Waals surface area contributed by atoms with Gasteiger partial charge in [0.25, 0.3) is 0 Å². The van der Waals surface area contributed by atoms with E-state index in [2.05, 4.69) is 62.4 Å². The minimum absolute atomic E-state index is 0.146. The van der Waals surface area contributed by atoms with Crippen molar-refractivity contribution in [2.24, 2.45) is 4.99 Å². The van der Waals surface area contributed by atoms with Crippen molar-refractivity contribution < 1.29 is 4.74 Å². The van der Waals surface area contributed by atoms with E-state index >= 15 is 0 Å². The summed E-state index contributed by atoms with van der Waals surface area (Å²) in [4.78, 5) is 7.19. The molecule has 0 saturated carbocycles. The molecule has 3 N–H and O–H groups in total. The molecule has 0 aromatic heterocycles.